The Labute approximate surface area is 130 Å². The first-order valence-electron chi connectivity index (χ1n) is 8.10. The van der Waals surface area contributed by atoms with Crippen LogP contribution in [0.1, 0.15) is 38.8 Å². The Bertz CT molecular complexity index is 538. The van der Waals surface area contributed by atoms with E-state index in [4.69, 9.17) is 4.74 Å². The Balaban J connectivity index is 1.90. The van der Waals surface area contributed by atoms with E-state index in [0.29, 0.717) is 37.6 Å². The molecule has 0 aromatic carbocycles. The topological polar surface area (TPSA) is 58.5 Å². The number of rotatable bonds is 3. The molecule has 2 aliphatic rings. The van der Waals surface area contributed by atoms with E-state index in [1.165, 1.54) is 6.33 Å². The molecule has 1 aromatic heterocycles. The van der Waals surface area contributed by atoms with Gasteiger partial charge in [0, 0.05) is 25.1 Å². The number of anilines is 1. The Morgan fingerprint density at radius 2 is 2.32 bits per heavy atom. The number of hydrogen-bond acceptors (Lipinski definition) is 5. The first-order valence-corrected chi connectivity index (χ1v) is 8.10. The van der Waals surface area contributed by atoms with Crippen LogP contribution in [0.25, 0.3) is 0 Å². The van der Waals surface area contributed by atoms with E-state index >= 15 is 0 Å². The van der Waals surface area contributed by atoms with Gasteiger partial charge in [-0.05, 0) is 32.6 Å². The number of aromatic nitrogens is 2. The van der Waals surface area contributed by atoms with E-state index < -0.39 is 5.60 Å². The van der Waals surface area contributed by atoms with Crippen molar-refractivity contribution >= 4 is 5.82 Å². The smallest absolute Gasteiger partial charge is 0.187 e. The Kier molecular flexibility index (Phi) is 4.32. The maximum absolute atomic E-state index is 14.6. The highest BCUT2D eigenvalue weighted by Gasteiger charge is 2.45. The van der Waals surface area contributed by atoms with Gasteiger partial charge >= 0.3 is 0 Å². The fourth-order valence-corrected chi connectivity index (χ4v) is 3.70. The summed E-state index contributed by atoms with van der Waals surface area (Å²) in [6.07, 6.45) is 4.50. The van der Waals surface area contributed by atoms with Gasteiger partial charge in [-0.2, -0.15) is 0 Å². The lowest BCUT2D eigenvalue weighted by molar-refractivity contribution is -0.108. The third kappa shape index (κ3) is 2.70. The zero-order valence-electron chi connectivity index (χ0n) is 13.3. The fraction of sp³-hybridized carbons (Fsp3) is 0.750. The second kappa shape index (κ2) is 6.08. The van der Waals surface area contributed by atoms with Crippen molar-refractivity contribution in [3.63, 3.8) is 0 Å². The third-order valence-corrected chi connectivity index (χ3v) is 5.06. The van der Waals surface area contributed by atoms with Crippen LogP contribution in [-0.4, -0.2) is 46.5 Å². The molecule has 122 valence electrons. The third-order valence-electron chi connectivity index (χ3n) is 5.06. The first kappa shape index (κ1) is 15.6. The molecule has 22 heavy (non-hydrogen) atoms. The van der Waals surface area contributed by atoms with Gasteiger partial charge in [-0.25, -0.2) is 14.4 Å². The molecule has 0 amide bonds. The Hall–Kier alpha value is -1.27. The average molecular weight is 309 g/mol. The zero-order valence-corrected chi connectivity index (χ0v) is 13.3. The van der Waals surface area contributed by atoms with Crippen LogP contribution in [0.3, 0.4) is 0 Å². The first-order chi connectivity index (χ1) is 10.5. The number of nitrogens with zero attached hydrogens (tertiary/aromatic N) is 3. The second-order valence-corrected chi connectivity index (χ2v) is 6.50. The maximum atomic E-state index is 14.6. The predicted molar refractivity (Wildman–Crippen MR) is 81.3 cm³/mol. The zero-order chi connectivity index (χ0) is 15.7. The molecule has 1 N–H and O–H groups in total. The van der Waals surface area contributed by atoms with Crippen LogP contribution in [-0.2, 0) is 11.2 Å². The molecule has 0 spiro atoms. The van der Waals surface area contributed by atoms with Crippen molar-refractivity contribution in [3.05, 3.63) is 17.8 Å². The van der Waals surface area contributed by atoms with E-state index in [1.807, 2.05) is 18.7 Å². The maximum Gasteiger partial charge on any atom is 0.187 e. The standard InChI is InChI=1S/C16H24FN3O2/c1-3-12-14(17)15(19-10-18-12)20-7-4-5-13(20)11-9-22-8-6-16(11,2)21/h10-11,13,21H,3-9H2,1-2H3/t11-,13-,16-/m1/s1. The molecule has 3 rings (SSSR count). The molecule has 2 saturated heterocycles. The highest BCUT2D eigenvalue weighted by atomic mass is 19.1. The molecule has 0 bridgehead atoms. The molecule has 5 nitrogen and oxygen atoms in total. The van der Waals surface area contributed by atoms with Gasteiger partial charge in [0.2, 0.25) is 0 Å². The SMILES string of the molecule is CCc1ncnc(N2CCC[C@@H]2[C@H]2COCC[C@@]2(C)O)c1F. The summed E-state index contributed by atoms with van der Waals surface area (Å²) in [5.41, 5.74) is -0.329. The van der Waals surface area contributed by atoms with E-state index in [-0.39, 0.29) is 17.8 Å². The van der Waals surface area contributed by atoms with E-state index in [0.717, 1.165) is 19.4 Å². The molecular formula is C16H24FN3O2. The van der Waals surface area contributed by atoms with Crippen LogP contribution in [0.5, 0.6) is 0 Å². The summed E-state index contributed by atoms with van der Waals surface area (Å²) < 4.78 is 20.2. The lowest BCUT2D eigenvalue weighted by atomic mass is 9.79. The van der Waals surface area contributed by atoms with Crippen LogP contribution in [0.4, 0.5) is 10.2 Å². The Morgan fingerprint density at radius 1 is 1.50 bits per heavy atom. The lowest BCUT2D eigenvalue weighted by Gasteiger charge is -2.43. The molecule has 0 unspecified atom stereocenters. The highest BCUT2D eigenvalue weighted by Crippen LogP contribution is 2.38. The molecule has 0 aliphatic carbocycles. The van der Waals surface area contributed by atoms with Crippen LogP contribution < -0.4 is 4.90 Å². The molecule has 1 aromatic rings. The lowest BCUT2D eigenvalue weighted by Crippen LogP contribution is -2.53. The van der Waals surface area contributed by atoms with Gasteiger partial charge in [-0.1, -0.05) is 6.92 Å². The number of hydrogen-bond donors (Lipinski definition) is 1. The molecule has 0 radical (unpaired) electrons. The summed E-state index contributed by atoms with van der Waals surface area (Å²) in [5, 5.41) is 10.7. The summed E-state index contributed by atoms with van der Waals surface area (Å²) in [6, 6.07) is 0.0596. The number of ether oxygens (including phenoxy) is 1. The number of aryl methyl sites for hydroxylation is 1. The average Bonchev–Trinajstić information content (AvgIpc) is 2.96. The van der Waals surface area contributed by atoms with Crippen LogP contribution in [0.15, 0.2) is 6.33 Å². The van der Waals surface area contributed by atoms with Gasteiger partial charge in [0.15, 0.2) is 11.6 Å². The minimum Gasteiger partial charge on any atom is -0.390 e. The van der Waals surface area contributed by atoms with Crippen molar-refractivity contribution in [2.24, 2.45) is 5.92 Å². The van der Waals surface area contributed by atoms with E-state index in [2.05, 4.69) is 9.97 Å². The number of aliphatic hydroxyl groups is 1. The summed E-state index contributed by atoms with van der Waals surface area (Å²) in [6.45, 7) is 5.61. The normalized spacial score (nSPS) is 32.5. The molecule has 2 fully saturated rings. The molecule has 2 aliphatic heterocycles. The van der Waals surface area contributed by atoms with Gasteiger partial charge < -0.3 is 14.7 Å². The fourth-order valence-electron chi connectivity index (χ4n) is 3.70. The largest absolute Gasteiger partial charge is 0.390 e. The van der Waals surface area contributed by atoms with Gasteiger partial charge in [-0.15, -0.1) is 0 Å². The van der Waals surface area contributed by atoms with Gasteiger partial charge in [-0.3, -0.25) is 0 Å². The van der Waals surface area contributed by atoms with Crippen molar-refractivity contribution in [2.45, 2.75) is 51.2 Å². The van der Waals surface area contributed by atoms with Crippen molar-refractivity contribution in [3.8, 4) is 0 Å². The van der Waals surface area contributed by atoms with Crippen LogP contribution in [0.2, 0.25) is 0 Å². The molecule has 6 heteroatoms. The van der Waals surface area contributed by atoms with E-state index in [1.54, 1.807) is 0 Å². The highest BCUT2D eigenvalue weighted by molar-refractivity contribution is 5.44. The number of halogens is 1. The minimum absolute atomic E-state index is 0.0248. The molecule has 3 atom stereocenters. The summed E-state index contributed by atoms with van der Waals surface area (Å²) in [5.74, 6) is 0.0205. The minimum atomic E-state index is -0.775. The summed E-state index contributed by atoms with van der Waals surface area (Å²) in [7, 11) is 0. The van der Waals surface area contributed by atoms with E-state index in [9.17, 15) is 9.50 Å². The Morgan fingerprint density at radius 3 is 3.05 bits per heavy atom. The summed E-state index contributed by atoms with van der Waals surface area (Å²) in [4.78, 5) is 10.2. The second-order valence-electron chi connectivity index (χ2n) is 6.50. The van der Waals surface area contributed by atoms with Gasteiger partial charge in [0.1, 0.15) is 6.33 Å². The van der Waals surface area contributed by atoms with Crippen molar-refractivity contribution < 1.29 is 14.2 Å². The van der Waals surface area contributed by atoms with Crippen molar-refractivity contribution in [2.75, 3.05) is 24.7 Å². The van der Waals surface area contributed by atoms with Crippen LogP contribution in [0, 0.1) is 11.7 Å². The molecule has 3 heterocycles. The predicted octanol–water partition coefficient (Wildman–Crippen LogP) is 1.93. The van der Waals surface area contributed by atoms with Crippen molar-refractivity contribution in [1.82, 2.24) is 9.97 Å². The molecule has 0 saturated carbocycles. The van der Waals surface area contributed by atoms with Crippen molar-refractivity contribution in [1.29, 1.82) is 0 Å². The van der Waals surface area contributed by atoms with Crippen LogP contribution >= 0.6 is 0 Å². The molecular weight excluding hydrogens is 285 g/mol. The quantitative estimate of drug-likeness (QED) is 0.924. The summed E-state index contributed by atoms with van der Waals surface area (Å²) >= 11 is 0. The monoisotopic (exact) mass is 309 g/mol. The van der Waals surface area contributed by atoms with Gasteiger partial charge in [0.25, 0.3) is 0 Å². The van der Waals surface area contributed by atoms with Gasteiger partial charge in [0.05, 0.1) is 17.9 Å².